The highest BCUT2D eigenvalue weighted by Crippen LogP contribution is 2.54. The van der Waals surface area contributed by atoms with Crippen molar-refractivity contribution in [3.63, 3.8) is 0 Å². The summed E-state index contributed by atoms with van der Waals surface area (Å²) in [7, 11) is 0. The number of nitrogens with two attached hydrogens (primary N) is 1. The van der Waals surface area contributed by atoms with Crippen molar-refractivity contribution in [1.82, 2.24) is 5.32 Å². The first-order chi connectivity index (χ1) is 9.19. The number of ether oxygens (including phenoxy) is 1. The van der Waals surface area contributed by atoms with Crippen molar-refractivity contribution in [1.29, 1.82) is 0 Å². The SMILES string of the molecule is CCOC1CC(NCCCCC(N)=O)C12CCCC2. The molecule has 0 heterocycles. The average molecular weight is 268 g/mol. The molecule has 0 aromatic carbocycles. The standard InChI is InChI=1S/C15H28N2O2/c1-2-19-13-11-12(15(13)8-4-5-9-15)17-10-6-3-7-14(16)18/h12-13,17H,2-11H2,1H3,(H2,16,18). The molecule has 2 aliphatic rings. The van der Waals surface area contributed by atoms with E-state index in [1.165, 1.54) is 25.7 Å². The van der Waals surface area contributed by atoms with Crippen molar-refractivity contribution in [2.24, 2.45) is 11.1 Å². The minimum absolute atomic E-state index is 0.188. The lowest BCUT2D eigenvalue weighted by molar-refractivity contribution is -0.130. The van der Waals surface area contributed by atoms with Crippen LogP contribution >= 0.6 is 0 Å². The molecule has 2 rings (SSSR count). The van der Waals surface area contributed by atoms with Crippen molar-refractivity contribution < 1.29 is 9.53 Å². The molecular formula is C15H28N2O2. The molecule has 2 aliphatic carbocycles. The van der Waals surface area contributed by atoms with Crippen molar-refractivity contribution >= 4 is 5.91 Å². The monoisotopic (exact) mass is 268 g/mol. The van der Waals surface area contributed by atoms with Crippen molar-refractivity contribution in [2.45, 2.75) is 70.4 Å². The summed E-state index contributed by atoms with van der Waals surface area (Å²) in [6.07, 6.45) is 9.41. The van der Waals surface area contributed by atoms with Crippen LogP contribution in [0.2, 0.25) is 0 Å². The van der Waals surface area contributed by atoms with Crippen LogP contribution in [-0.2, 0) is 9.53 Å². The molecule has 0 bridgehead atoms. The van der Waals surface area contributed by atoms with E-state index in [9.17, 15) is 4.79 Å². The van der Waals surface area contributed by atoms with Crippen LogP contribution < -0.4 is 11.1 Å². The number of primary amides is 1. The molecule has 2 saturated carbocycles. The van der Waals surface area contributed by atoms with E-state index in [0.29, 0.717) is 24.0 Å². The fourth-order valence-electron chi connectivity index (χ4n) is 3.87. The number of unbranched alkanes of at least 4 members (excludes halogenated alkanes) is 1. The molecule has 0 aliphatic heterocycles. The number of nitrogens with one attached hydrogen (secondary N) is 1. The van der Waals surface area contributed by atoms with E-state index in [4.69, 9.17) is 10.5 Å². The van der Waals surface area contributed by atoms with Gasteiger partial charge in [-0.3, -0.25) is 4.79 Å². The fraction of sp³-hybridized carbons (Fsp3) is 0.933. The highest BCUT2D eigenvalue weighted by Gasteiger charge is 2.56. The third-order valence-electron chi connectivity index (χ3n) is 4.93. The maximum atomic E-state index is 10.7. The number of rotatable bonds is 8. The Kier molecular flexibility index (Phi) is 5.22. The summed E-state index contributed by atoms with van der Waals surface area (Å²) >= 11 is 0. The van der Waals surface area contributed by atoms with E-state index < -0.39 is 0 Å². The number of hydrogen-bond acceptors (Lipinski definition) is 3. The first-order valence-electron chi connectivity index (χ1n) is 7.82. The third-order valence-corrected chi connectivity index (χ3v) is 4.93. The summed E-state index contributed by atoms with van der Waals surface area (Å²) in [6, 6.07) is 0.625. The number of carbonyl (C=O) groups excluding carboxylic acids is 1. The minimum Gasteiger partial charge on any atom is -0.378 e. The Morgan fingerprint density at radius 1 is 1.37 bits per heavy atom. The second-order valence-electron chi connectivity index (χ2n) is 6.05. The predicted octanol–water partition coefficient (Wildman–Crippen LogP) is 1.97. The van der Waals surface area contributed by atoms with Crippen molar-refractivity contribution in [3.05, 3.63) is 0 Å². The highest BCUT2D eigenvalue weighted by molar-refractivity contribution is 5.73. The molecule has 19 heavy (non-hydrogen) atoms. The summed E-state index contributed by atoms with van der Waals surface area (Å²) in [5.41, 5.74) is 5.56. The molecule has 4 heteroatoms. The molecule has 1 amide bonds. The summed E-state index contributed by atoms with van der Waals surface area (Å²) in [6.45, 7) is 3.92. The Morgan fingerprint density at radius 3 is 2.74 bits per heavy atom. The molecule has 2 unspecified atom stereocenters. The van der Waals surface area contributed by atoms with Gasteiger partial charge in [0.1, 0.15) is 0 Å². The van der Waals surface area contributed by atoms with Crippen molar-refractivity contribution in [3.8, 4) is 0 Å². The molecular weight excluding hydrogens is 240 g/mol. The van der Waals surface area contributed by atoms with Gasteiger partial charge in [-0.25, -0.2) is 0 Å². The van der Waals surface area contributed by atoms with Crippen LogP contribution in [0, 0.1) is 5.41 Å². The van der Waals surface area contributed by atoms with Gasteiger partial charge in [0.25, 0.3) is 0 Å². The predicted molar refractivity (Wildman–Crippen MR) is 75.8 cm³/mol. The summed E-state index contributed by atoms with van der Waals surface area (Å²) < 4.78 is 5.90. The lowest BCUT2D eigenvalue weighted by atomic mass is 9.60. The van der Waals surface area contributed by atoms with Gasteiger partial charge in [-0.1, -0.05) is 12.8 Å². The number of hydrogen-bond donors (Lipinski definition) is 2. The Balaban J connectivity index is 1.70. The first kappa shape index (κ1) is 14.8. The smallest absolute Gasteiger partial charge is 0.217 e. The van der Waals surface area contributed by atoms with Gasteiger partial charge in [-0.2, -0.15) is 0 Å². The second kappa shape index (κ2) is 6.71. The molecule has 0 radical (unpaired) electrons. The molecule has 4 nitrogen and oxygen atoms in total. The summed E-state index contributed by atoms with van der Waals surface area (Å²) in [4.78, 5) is 10.7. The largest absolute Gasteiger partial charge is 0.378 e. The van der Waals surface area contributed by atoms with Gasteiger partial charge in [0, 0.05) is 24.5 Å². The highest BCUT2D eigenvalue weighted by atomic mass is 16.5. The van der Waals surface area contributed by atoms with Crippen LogP contribution in [-0.4, -0.2) is 31.2 Å². The van der Waals surface area contributed by atoms with Gasteiger partial charge in [-0.05, 0) is 45.6 Å². The molecule has 2 fully saturated rings. The molecule has 2 atom stereocenters. The van der Waals surface area contributed by atoms with Gasteiger partial charge < -0.3 is 15.8 Å². The van der Waals surface area contributed by atoms with Crippen LogP contribution in [0.3, 0.4) is 0 Å². The van der Waals surface area contributed by atoms with Gasteiger partial charge in [-0.15, -0.1) is 0 Å². The minimum atomic E-state index is -0.188. The third kappa shape index (κ3) is 3.29. The molecule has 110 valence electrons. The van der Waals surface area contributed by atoms with E-state index in [-0.39, 0.29) is 5.91 Å². The van der Waals surface area contributed by atoms with Crippen LogP contribution in [0.25, 0.3) is 0 Å². The number of amides is 1. The lowest BCUT2D eigenvalue weighted by Gasteiger charge is -2.54. The zero-order valence-electron chi connectivity index (χ0n) is 12.1. The van der Waals surface area contributed by atoms with Crippen LogP contribution in [0.5, 0.6) is 0 Å². The van der Waals surface area contributed by atoms with E-state index >= 15 is 0 Å². The molecule has 0 saturated heterocycles. The molecule has 0 aromatic rings. The topological polar surface area (TPSA) is 64.3 Å². The Labute approximate surface area is 116 Å². The maximum absolute atomic E-state index is 10.7. The van der Waals surface area contributed by atoms with Crippen molar-refractivity contribution in [2.75, 3.05) is 13.2 Å². The number of carbonyl (C=O) groups is 1. The van der Waals surface area contributed by atoms with Gasteiger partial charge in [0.2, 0.25) is 5.91 Å². The van der Waals surface area contributed by atoms with Gasteiger partial charge >= 0.3 is 0 Å². The van der Waals surface area contributed by atoms with Crippen LogP contribution in [0.15, 0.2) is 0 Å². The second-order valence-corrected chi connectivity index (χ2v) is 6.05. The van der Waals surface area contributed by atoms with Crippen LogP contribution in [0.4, 0.5) is 0 Å². The average Bonchev–Trinajstić information content (AvgIpc) is 2.88. The quantitative estimate of drug-likeness (QED) is 0.662. The van der Waals surface area contributed by atoms with Gasteiger partial charge in [0.05, 0.1) is 6.10 Å². The normalized spacial score (nSPS) is 28.5. The van der Waals surface area contributed by atoms with Crippen LogP contribution in [0.1, 0.15) is 58.3 Å². The van der Waals surface area contributed by atoms with E-state index in [0.717, 1.165) is 32.4 Å². The van der Waals surface area contributed by atoms with E-state index in [2.05, 4.69) is 12.2 Å². The Bertz CT molecular complexity index is 301. The van der Waals surface area contributed by atoms with E-state index in [1.54, 1.807) is 0 Å². The maximum Gasteiger partial charge on any atom is 0.217 e. The lowest BCUT2D eigenvalue weighted by Crippen LogP contribution is -2.62. The molecule has 1 spiro atoms. The molecule has 0 aromatic heterocycles. The Morgan fingerprint density at radius 2 is 2.11 bits per heavy atom. The first-order valence-corrected chi connectivity index (χ1v) is 7.82. The summed E-state index contributed by atoms with van der Waals surface area (Å²) in [5.74, 6) is -0.188. The van der Waals surface area contributed by atoms with E-state index in [1.807, 2.05) is 0 Å². The molecule has 3 N–H and O–H groups in total. The Hall–Kier alpha value is -0.610. The zero-order chi connectivity index (χ0) is 13.7. The summed E-state index contributed by atoms with van der Waals surface area (Å²) in [5, 5.41) is 3.68. The zero-order valence-corrected chi connectivity index (χ0v) is 12.1. The van der Waals surface area contributed by atoms with Gasteiger partial charge in [0.15, 0.2) is 0 Å². The fourth-order valence-corrected chi connectivity index (χ4v) is 3.87.